The number of rotatable bonds is 2. The third-order valence-electron chi connectivity index (χ3n) is 4.22. The third kappa shape index (κ3) is 2.83. The zero-order valence-corrected chi connectivity index (χ0v) is 12.2. The van der Waals surface area contributed by atoms with Crippen molar-refractivity contribution in [1.82, 2.24) is 10.1 Å². The molecule has 1 heterocycles. The van der Waals surface area contributed by atoms with Gasteiger partial charge in [0.15, 0.2) is 5.82 Å². The molecule has 0 unspecified atom stereocenters. The van der Waals surface area contributed by atoms with Crippen LogP contribution in [0.15, 0.2) is 22.7 Å². The van der Waals surface area contributed by atoms with Gasteiger partial charge in [0.2, 0.25) is 0 Å². The lowest BCUT2D eigenvalue weighted by Gasteiger charge is -2.23. The normalized spacial score (nSPS) is 18.4. The van der Waals surface area contributed by atoms with Gasteiger partial charge in [-0.25, -0.2) is 4.39 Å². The van der Waals surface area contributed by atoms with Crippen LogP contribution < -0.4 is 5.73 Å². The minimum absolute atomic E-state index is 0.205. The summed E-state index contributed by atoms with van der Waals surface area (Å²) in [5.41, 5.74) is 7.10. The second-order valence-electron chi connectivity index (χ2n) is 5.98. The van der Waals surface area contributed by atoms with E-state index in [0.717, 1.165) is 31.2 Å². The van der Waals surface area contributed by atoms with Crippen LogP contribution in [0.2, 0.25) is 0 Å². The van der Waals surface area contributed by atoms with E-state index in [2.05, 4.69) is 10.1 Å². The van der Waals surface area contributed by atoms with Crippen LogP contribution in [0.5, 0.6) is 0 Å². The minimum atomic E-state index is -0.542. The van der Waals surface area contributed by atoms with Gasteiger partial charge in [0.1, 0.15) is 5.82 Å². The summed E-state index contributed by atoms with van der Waals surface area (Å²) in [5, 5.41) is 4.02. The zero-order valence-electron chi connectivity index (χ0n) is 12.2. The van der Waals surface area contributed by atoms with E-state index in [1.165, 1.54) is 18.9 Å². The van der Waals surface area contributed by atoms with E-state index < -0.39 is 5.54 Å². The zero-order chi connectivity index (χ0) is 14.9. The van der Waals surface area contributed by atoms with Gasteiger partial charge in [-0.3, -0.25) is 0 Å². The Labute approximate surface area is 123 Å². The van der Waals surface area contributed by atoms with E-state index in [0.29, 0.717) is 11.4 Å². The highest BCUT2D eigenvalue weighted by Crippen LogP contribution is 2.33. The molecule has 1 aromatic heterocycles. The van der Waals surface area contributed by atoms with E-state index in [4.69, 9.17) is 10.3 Å². The molecule has 21 heavy (non-hydrogen) atoms. The Morgan fingerprint density at radius 2 is 1.90 bits per heavy atom. The topological polar surface area (TPSA) is 64.9 Å². The van der Waals surface area contributed by atoms with E-state index >= 15 is 0 Å². The highest BCUT2D eigenvalue weighted by molar-refractivity contribution is 5.54. The number of halogens is 1. The van der Waals surface area contributed by atoms with Crippen LogP contribution in [0.4, 0.5) is 4.39 Å². The Bertz CT molecular complexity index is 630. The fraction of sp³-hybridized carbons (Fsp3) is 0.500. The molecule has 1 fully saturated rings. The van der Waals surface area contributed by atoms with Gasteiger partial charge in [0.25, 0.3) is 5.89 Å². The standard InChI is InChI=1S/C16H20FN3O/c1-11-6-7-12(13(17)10-11)14-19-15(20-21-14)16(18)8-4-2-3-5-9-16/h6-7,10H,2-5,8-9,18H2,1H3. The number of hydrogen-bond donors (Lipinski definition) is 1. The van der Waals surface area contributed by atoms with Crippen LogP contribution in [0.3, 0.4) is 0 Å². The first kappa shape index (κ1) is 14.2. The molecule has 1 aromatic carbocycles. The van der Waals surface area contributed by atoms with Gasteiger partial charge in [-0.2, -0.15) is 4.98 Å². The Morgan fingerprint density at radius 3 is 2.57 bits per heavy atom. The van der Waals surface area contributed by atoms with Crippen molar-refractivity contribution in [2.24, 2.45) is 5.73 Å². The SMILES string of the molecule is Cc1ccc(-c2nc(C3(N)CCCCCC3)no2)c(F)c1. The fourth-order valence-electron chi connectivity index (χ4n) is 2.91. The Kier molecular flexibility index (Phi) is 3.76. The van der Waals surface area contributed by atoms with E-state index in [1.807, 2.05) is 13.0 Å². The van der Waals surface area contributed by atoms with Crippen LogP contribution in [0, 0.1) is 12.7 Å². The summed E-state index contributed by atoms with van der Waals surface area (Å²) in [4.78, 5) is 4.37. The second kappa shape index (κ2) is 5.56. The molecule has 5 heteroatoms. The van der Waals surface area contributed by atoms with Crippen molar-refractivity contribution in [3.63, 3.8) is 0 Å². The first-order valence-electron chi connectivity index (χ1n) is 7.48. The second-order valence-corrected chi connectivity index (χ2v) is 5.98. The van der Waals surface area contributed by atoms with Crippen molar-refractivity contribution >= 4 is 0 Å². The molecule has 2 N–H and O–H groups in total. The largest absolute Gasteiger partial charge is 0.334 e. The fourth-order valence-corrected chi connectivity index (χ4v) is 2.91. The average molecular weight is 289 g/mol. The molecule has 0 aliphatic heterocycles. The number of benzene rings is 1. The summed E-state index contributed by atoms with van der Waals surface area (Å²) in [6, 6.07) is 4.95. The Balaban J connectivity index is 1.92. The van der Waals surface area contributed by atoms with E-state index in [9.17, 15) is 4.39 Å². The van der Waals surface area contributed by atoms with Crippen molar-refractivity contribution in [1.29, 1.82) is 0 Å². The van der Waals surface area contributed by atoms with Crippen molar-refractivity contribution in [2.75, 3.05) is 0 Å². The molecule has 0 amide bonds. The van der Waals surface area contributed by atoms with Crippen LogP contribution >= 0.6 is 0 Å². The summed E-state index contributed by atoms with van der Waals surface area (Å²) in [5.74, 6) is 0.355. The van der Waals surface area contributed by atoms with E-state index in [1.54, 1.807) is 6.07 Å². The number of hydrogen-bond acceptors (Lipinski definition) is 4. The van der Waals surface area contributed by atoms with Crippen molar-refractivity contribution < 1.29 is 8.91 Å². The van der Waals surface area contributed by atoms with Crippen LogP contribution in [-0.4, -0.2) is 10.1 Å². The lowest BCUT2D eigenvalue weighted by Crippen LogP contribution is -2.37. The molecule has 4 nitrogen and oxygen atoms in total. The molecule has 3 rings (SSSR count). The molecule has 2 aromatic rings. The van der Waals surface area contributed by atoms with Crippen LogP contribution in [-0.2, 0) is 5.54 Å². The maximum atomic E-state index is 14.0. The molecule has 0 spiro atoms. The molecular weight excluding hydrogens is 269 g/mol. The van der Waals surface area contributed by atoms with Gasteiger partial charge < -0.3 is 10.3 Å². The number of aryl methyl sites for hydroxylation is 1. The minimum Gasteiger partial charge on any atom is -0.334 e. The van der Waals surface area contributed by atoms with Crippen molar-refractivity contribution in [3.8, 4) is 11.5 Å². The summed E-state index contributed by atoms with van der Waals surface area (Å²) in [7, 11) is 0. The van der Waals surface area contributed by atoms with E-state index in [-0.39, 0.29) is 11.7 Å². The molecular formula is C16H20FN3O. The Hall–Kier alpha value is -1.75. The van der Waals surface area contributed by atoms with Crippen molar-refractivity contribution in [2.45, 2.75) is 51.0 Å². The highest BCUT2D eigenvalue weighted by atomic mass is 19.1. The summed E-state index contributed by atoms with van der Waals surface area (Å²) < 4.78 is 19.2. The molecule has 0 saturated heterocycles. The van der Waals surface area contributed by atoms with Gasteiger partial charge in [-0.05, 0) is 37.5 Å². The molecule has 1 aliphatic rings. The number of aromatic nitrogens is 2. The number of nitrogens with zero attached hydrogens (tertiary/aromatic N) is 2. The highest BCUT2D eigenvalue weighted by Gasteiger charge is 2.33. The molecule has 0 atom stereocenters. The molecule has 112 valence electrons. The maximum absolute atomic E-state index is 14.0. The van der Waals surface area contributed by atoms with Crippen LogP contribution in [0.25, 0.3) is 11.5 Å². The van der Waals surface area contributed by atoms with Crippen molar-refractivity contribution in [3.05, 3.63) is 35.4 Å². The monoisotopic (exact) mass is 289 g/mol. The van der Waals surface area contributed by atoms with Gasteiger partial charge >= 0.3 is 0 Å². The smallest absolute Gasteiger partial charge is 0.260 e. The first-order chi connectivity index (χ1) is 10.1. The lowest BCUT2D eigenvalue weighted by atomic mass is 9.91. The summed E-state index contributed by atoms with van der Waals surface area (Å²) in [6.07, 6.45) is 6.22. The predicted octanol–water partition coefficient (Wildman–Crippen LogP) is 3.69. The molecule has 0 bridgehead atoms. The Morgan fingerprint density at radius 1 is 1.19 bits per heavy atom. The predicted molar refractivity (Wildman–Crippen MR) is 78.0 cm³/mol. The van der Waals surface area contributed by atoms with Gasteiger partial charge in [-0.15, -0.1) is 0 Å². The summed E-state index contributed by atoms with van der Waals surface area (Å²) >= 11 is 0. The van der Waals surface area contributed by atoms with Gasteiger partial charge in [-0.1, -0.05) is 36.9 Å². The average Bonchev–Trinajstić information content (AvgIpc) is 2.83. The van der Waals surface area contributed by atoms with Gasteiger partial charge in [0, 0.05) is 0 Å². The van der Waals surface area contributed by atoms with Gasteiger partial charge in [0.05, 0.1) is 11.1 Å². The maximum Gasteiger partial charge on any atom is 0.260 e. The third-order valence-corrected chi connectivity index (χ3v) is 4.22. The first-order valence-corrected chi connectivity index (χ1v) is 7.48. The quantitative estimate of drug-likeness (QED) is 0.856. The molecule has 1 aliphatic carbocycles. The molecule has 0 radical (unpaired) electrons. The number of nitrogens with two attached hydrogens (primary N) is 1. The summed E-state index contributed by atoms with van der Waals surface area (Å²) in [6.45, 7) is 1.84. The molecule has 1 saturated carbocycles. The van der Waals surface area contributed by atoms with Crippen LogP contribution in [0.1, 0.15) is 49.9 Å². The lowest BCUT2D eigenvalue weighted by molar-refractivity contribution is 0.334.